The maximum Gasteiger partial charge on any atom is 0.553 e. The zero-order valence-corrected chi connectivity index (χ0v) is 6.01. The van der Waals surface area contributed by atoms with Crippen LogP contribution < -0.4 is 0 Å². The molecule has 0 saturated carbocycles. The SMILES string of the molecule is O=C(O)[Si](O)(C(=O)O)C(=O)O. The average Bonchev–Trinajstić information content (AvgIpc) is 1.84. The van der Waals surface area contributed by atoms with Crippen molar-refractivity contribution >= 4 is 25.1 Å². The Morgan fingerprint density at radius 3 is 1.00 bits per heavy atom. The highest BCUT2D eigenvalue weighted by Crippen LogP contribution is 2.02. The van der Waals surface area contributed by atoms with Gasteiger partial charge in [0.15, 0.2) is 0 Å². The highest BCUT2D eigenvalue weighted by atomic mass is 28.4. The molecule has 0 aliphatic carbocycles. The first-order valence-electron chi connectivity index (χ1n) is 2.26. The number of carbonyl (C=O) groups is 3. The topological polar surface area (TPSA) is 132 Å². The summed E-state index contributed by atoms with van der Waals surface area (Å²) in [6, 6.07) is 0. The Morgan fingerprint density at radius 1 is 0.818 bits per heavy atom. The average molecular weight is 180 g/mol. The summed E-state index contributed by atoms with van der Waals surface area (Å²) in [5, 5.41) is 24.1. The van der Waals surface area contributed by atoms with Gasteiger partial charge in [0.1, 0.15) is 0 Å². The Labute approximate surface area is 60.6 Å². The molecular weight excluding hydrogens is 176 g/mol. The molecule has 0 saturated heterocycles. The molecule has 0 atom stereocenters. The third-order valence-electron chi connectivity index (χ3n) is 0.929. The molecule has 0 unspecified atom stereocenters. The van der Waals surface area contributed by atoms with Gasteiger partial charge < -0.3 is 20.1 Å². The second-order valence-electron chi connectivity index (χ2n) is 1.63. The van der Waals surface area contributed by atoms with Crippen LogP contribution in [0.4, 0.5) is 14.4 Å². The first-order valence-corrected chi connectivity index (χ1v) is 4.20. The van der Waals surface area contributed by atoms with Gasteiger partial charge in [-0.3, -0.25) is 14.4 Å². The molecule has 0 aliphatic heterocycles. The second-order valence-corrected chi connectivity index (χ2v) is 4.33. The molecule has 0 aromatic heterocycles. The van der Waals surface area contributed by atoms with Crippen LogP contribution in [-0.4, -0.2) is 45.2 Å². The summed E-state index contributed by atoms with van der Waals surface area (Å²) in [5.74, 6) is 0. The number of hydrogen-bond acceptors (Lipinski definition) is 4. The third kappa shape index (κ3) is 1.35. The van der Waals surface area contributed by atoms with E-state index in [-0.39, 0.29) is 0 Å². The first kappa shape index (κ1) is 9.59. The van der Waals surface area contributed by atoms with E-state index in [1.165, 1.54) is 0 Å². The summed E-state index contributed by atoms with van der Waals surface area (Å²) in [6.45, 7) is 0. The summed E-state index contributed by atoms with van der Waals surface area (Å²) < 4.78 is 0. The standard InChI is InChI=1S/C3H4O7Si/c4-1(5)11(10,2(6)7)3(8)9/h10H,(H,4,5)(H,6,7)(H,8,9). The maximum atomic E-state index is 9.95. The number of hydrogen-bond donors (Lipinski definition) is 4. The minimum Gasteiger partial charge on any atom is -0.482 e. The fraction of sp³-hybridized carbons (Fsp3) is 0. The molecule has 7 nitrogen and oxygen atoms in total. The third-order valence-corrected chi connectivity index (χ3v) is 2.79. The first-order chi connectivity index (χ1) is 4.83. The molecule has 0 spiro atoms. The quantitative estimate of drug-likeness (QED) is 0.438. The van der Waals surface area contributed by atoms with Crippen LogP contribution in [0, 0.1) is 0 Å². The maximum absolute atomic E-state index is 9.95. The van der Waals surface area contributed by atoms with Crippen LogP contribution in [-0.2, 0) is 0 Å². The predicted molar refractivity (Wildman–Crippen MR) is 32.0 cm³/mol. The lowest BCUT2D eigenvalue weighted by atomic mass is 11.5. The van der Waals surface area contributed by atoms with E-state index in [2.05, 4.69) is 0 Å². The molecule has 11 heavy (non-hydrogen) atoms. The monoisotopic (exact) mass is 180 g/mol. The molecule has 62 valence electrons. The van der Waals surface area contributed by atoms with Crippen molar-refractivity contribution in [1.29, 1.82) is 0 Å². The van der Waals surface area contributed by atoms with Gasteiger partial charge in [0.05, 0.1) is 0 Å². The van der Waals surface area contributed by atoms with E-state index in [4.69, 9.17) is 20.1 Å². The smallest absolute Gasteiger partial charge is 0.482 e. The summed E-state index contributed by atoms with van der Waals surface area (Å²) in [5.41, 5.74) is -6.59. The Morgan fingerprint density at radius 2 is 1.00 bits per heavy atom. The van der Waals surface area contributed by atoms with E-state index in [0.717, 1.165) is 0 Å². The van der Waals surface area contributed by atoms with Crippen molar-refractivity contribution in [2.75, 3.05) is 0 Å². The van der Waals surface area contributed by atoms with Crippen molar-refractivity contribution in [3.63, 3.8) is 0 Å². The molecular formula is C3H4O7Si. The van der Waals surface area contributed by atoms with Crippen LogP contribution in [0.2, 0.25) is 0 Å². The Kier molecular flexibility index (Phi) is 2.33. The van der Waals surface area contributed by atoms with Crippen LogP contribution in [0.25, 0.3) is 0 Å². The fourth-order valence-corrected chi connectivity index (χ4v) is 0.823. The molecule has 4 N–H and O–H groups in total. The highest BCUT2D eigenvalue weighted by Gasteiger charge is 2.59. The van der Waals surface area contributed by atoms with Gasteiger partial charge >= 0.3 is 25.1 Å². The van der Waals surface area contributed by atoms with Gasteiger partial charge in [0.2, 0.25) is 0 Å². The lowest BCUT2D eigenvalue weighted by Crippen LogP contribution is -2.58. The van der Waals surface area contributed by atoms with E-state index in [0.29, 0.717) is 0 Å². The summed E-state index contributed by atoms with van der Waals surface area (Å²) in [4.78, 5) is 38.4. The molecule has 0 aromatic carbocycles. The normalized spacial score (nSPS) is 10.6. The summed E-state index contributed by atoms with van der Waals surface area (Å²) in [6.07, 6.45) is 0. The Bertz CT molecular complexity index is 184. The molecule has 0 radical (unpaired) electrons. The molecule has 8 heteroatoms. The van der Waals surface area contributed by atoms with Crippen molar-refractivity contribution < 1.29 is 34.5 Å². The van der Waals surface area contributed by atoms with E-state index in [1.807, 2.05) is 0 Å². The van der Waals surface area contributed by atoms with Gasteiger partial charge in [-0.05, 0) is 0 Å². The van der Waals surface area contributed by atoms with Crippen molar-refractivity contribution in [1.82, 2.24) is 0 Å². The zero-order valence-electron chi connectivity index (χ0n) is 5.01. The predicted octanol–water partition coefficient (Wildman–Crippen LogP) is -0.297. The minimum absolute atomic E-state index is 2.20. The van der Waals surface area contributed by atoms with Gasteiger partial charge in [0, 0.05) is 0 Å². The lowest BCUT2D eigenvalue weighted by Gasteiger charge is -2.07. The highest BCUT2D eigenvalue weighted by molar-refractivity contribution is 7.34. The molecule has 0 aliphatic rings. The van der Waals surface area contributed by atoms with Crippen molar-refractivity contribution in [2.24, 2.45) is 0 Å². The van der Waals surface area contributed by atoms with Crippen LogP contribution in [0.15, 0.2) is 0 Å². The van der Waals surface area contributed by atoms with Crippen LogP contribution in [0.3, 0.4) is 0 Å². The largest absolute Gasteiger partial charge is 0.553 e. The minimum atomic E-state index is -5.23. The van der Waals surface area contributed by atoms with Gasteiger partial charge in [-0.1, -0.05) is 0 Å². The summed E-state index contributed by atoms with van der Waals surface area (Å²) >= 11 is 0. The van der Waals surface area contributed by atoms with E-state index in [1.54, 1.807) is 0 Å². The Hall–Kier alpha value is -1.41. The van der Waals surface area contributed by atoms with Gasteiger partial charge in [0.25, 0.3) is 0 Å². The molecule has 0 heterocycles. The van der Waals surface area contributed by atoms with Crippen LogP contribution in [0.1, 0.15) is 0 Å². The zero-order chi connectivity index (χ0) is 9.23. The molecule has 0 aromatic rings. The molecule has 0 fully saturated rings. The van der Waals surface area contributed by atoms with Gasteiger partial charge in [-0.15, -0.1) is 0 Å². The van der Waals surface area contributed by atoms with Crippen molar-refractivity contribution in [3.05, 3.63) is 0 Å². The van der Waals surface area contributed by atoms with Crippen LogP contribution in [0.5, 0.6) is 0 Å². The van der Waals surface area contributed by atoms with Crippen molar-refractivity contribution in [3.8, 4) is 0 Å². The number of rotatable bonds is 3. The summed E-state index contributed by atoms with van der Waals surface area (Å²) in [7, 11) is -5.23. The fourth-order valence-electron chi connectivity index (χ4n) is 0.274. The molecule has 0 rings (SSSR count). The van der Waals surface area contributed by atoms with E-state index >= 15 is 0 Å². The molecule has 0 amide bonds. The van der Waals surface area contributed by atoms with E-state index in [9.17, 15) is 14.4 Å². The van der Waals surface area contributed by atoms with Crippen LogP contribution >= 0.6 is 0 Å². The van der Waals surface area contributed by atoms with Crippen molar-refractivity contribution in [2.45, 2.75) is 0 Å². The van der Waals surface area contributed by atoms with Gasteiger partial charge in [-0.2, -0.15) is 0 Å². The second kappa shape index (κ2) is 2.68. The molecule has 0 bridgehead atoms. The van der Waals surface area contributed by atoms with E-state index < -0.39 is 25.1 Å². The lowest BCUT2D eigenvalue weighted by molar-refractivity contribution is 0.191. The Balaban J connectivity index is 4.99. The number of carboxylic acid groups (broad SMARTS) is 3. The van der Waals surface area contributed by atoms with Gasteiger partial charge in [-0.25, -0.2) is 0 Å².